The van der Waals surface area contributed by atoms with Crippen LogP contribution in [0.25, 0.3) is 0 Å². The number of fused-ring (bicyclic) bond motifs is 3. The van der Waals surface area contributed by atoms with Crippen molar-refractivity contribution in [3.05, 3.63) is 64.2 Å². The van der Waals surface area contributed by atoms with Gasteiger partial charge in [0.2, 0.25) is 5.91 Å². The number of nitrogens with zero attached hydrogens (tertiary/aromatic N) is 1. The van der Waals surface area contributed by atoms with Crippen molar-refractivity contribution < 1.29 is 18.0 Å². The van der Waals surface area contributed by atoms with Crippen molar-refractivity contribution in [2.45, 2.75) is 143 Å². The monoisotopic (exact) mass is 649 g/mol. The number of hydrogen-bond acceptors (Lipinski definition) is 4. The summed E-state index contributed by atoms with van der Waals surface area (Å²) in [5.41, 5.74) is 3.22. The molecule has 7 heteroatoms. The van der Waals surface area contributed by atoms with E-state index in [1.165, 1.54) is 12.5 Å². The first kappa shape index (κ1) is 41.8. The van der Waals surface area contributed by atoms with Crippen molar-refractivity contribution in [1.82, 2.24) is 4.90 Å². The standard InChI is InChI=1S/C29H38ClNO3S.C2H4O.3C2H6/c1-4-7-9-22(8-5-2)28(32)31-19-18-29(35(33,34)25-14-12-24(30)13-15-25)26-16-10-21(6-3)20-23(26)11-17-27(29)31;1-2-3;3*1-2/h10,12-16,20,22,27H,4-9,11,17-19H2,1-3H3;2H,1H3;3*1-2H3. The fraction of sp³-hybridized carbons (Fsp3) is 0.622. The second-order valence-corrected chi connectivity index (χ2v) is 13.0. The first-order valence-electron chi connectivity index (χ1n) is 17.0. The van der Waals surface area contributed by atoms with Crippen molar-refractivity contribution in [1.29, 1.82) is 0 Å². The largest absolute Gasteiger partial charge is 0.337 e. The lowest BCUT2D eigenvalue weighted by molar-refractivity contribution is -0.137. The van der Waals surface area contributed by atoms with Crippen LogP contribution in [-0.4, -0.2) is 38.1 Å². The predicted molar refractivity (Wildman–Crippen MR) is 188 cm³/mol. The number of rotatable bonds is 9. The SMILES string of the molecule is CC.CC.CC.CC=O.CCCCC(CCC)C(=O)N1CCC2(S(=O)(=O)c3ccc(Cl)cc3)c3ccc(CC)cc3CCC12. The summed E-state index contributed by atoms with van der Waals surface area (Å²) in [4.78, 5) is 24.9. The zero-order valence-electron chi connectivity index (χ0n) is 29.2. The number of carbonyl (C=O) groups is 2. The van der Waals surface area contributed by atoms with Crippen LogP contribution in [0.5, 0.6) is 0 Å². The molecule has 1 heterocycles. The quantitative estimate of drug-likeness (QED) is 0.253. The minimum atomic E-state index is -3.78. The van der Waals surface area contributed by atoms with Gasteiger partial charge in [-0.2, -0.15) is 0 Å². The molecule has 0 spiro atoms. The average Bonchev–Trinajstić information content (AvgIpc) is 3.47. The number of hydrogen-bond donors (Lipinski definition) is 0. The lowest BCUT2D eigenvalue weighted by Gasteiger charge is -2.43. The molecule has 5 nitrogen and oxygen atoms in total. The predicted octanol–water partition coefficient (Wildman–Crippen LogP) is 10.0. The molecule has 3 atom stereocenters. The summed E-state index contributed by atoms with van der Waals surface area (Å²) in [7, 11) is -3.78. The maximum atomic E-state index is 14.5. The Kier molecular flexibility index (Phi) is 20.5. The van der Waals surface area contributed by atoms with Gasteiger partial charge in [-0.15, -0.1) is 0 Å². The van der Waals surface area contributed by atoms with Gasteiger partial charge in [-0.05, 0) is 86.4 Å². The highest BCUT2D eigenvalue weighted by molar-refractivity contribution is 7.92. The van der Waals surface area contributed by atoms with Crippen molar-refractivity contribution >= 4 is 33.6 Å². The van der Waals surface area contributed by atoms with Crippen molar-refractivity contribution in [3.8, 4) is 0 Å². The molecular weight excluding hydrogens is 590 g/mol. The molecule has 0 aromatic heterocycles. The van der Waals surface area contributed by atoms with Gasteiger partial charge >= 0.3 is 0 Å². The Hall–Kier alpha value is -2.18. The van der Waals surface area contributed by atoms with Crippen LogP contribution in [-0.2, 0) is 37.0 Å². The molecule has 1 saturated heterocycles. The van der Waals surface area contributed by atoms with E-state index in [-0.39, 0.29) is 22.8 Å². The molecule has 2 aromatic rings. The third-order valence-corrected chi connectivity index (χ3v) is 10.9. The molecule has 44 heavy (non-hydrogen) atoms. The number of sulfone groups is 1. The maximum absolute atomic E-state index is 14.5. The number of aryl methyl sites for hydroxylation is 2. The number of amides is 1. The first-order chi connectivity index (χ1) is 21.2. The molecule has 250 valence electrons. The zero-order valence-corrected chi connectivity index (χ0v) is 30.8. The number of carbonyl (C=O) groups excluding carboxylic acids is 2. The zero-order chi connectivity index (χ0) is 33.9. The summed E-state index contributed by atoms with van der Waals surface area (Å²) >= 11 is 6.09. The van der Waals surface area contributed by atoms with Gasteiger partial charge in [0, 0.05) is 17.5 Å². The lowest BCUT2D eigenvalue weighted by Crippen LogP contribution is -2.53. The van der Waals surface area contributed by atoms with Gasteiger partial charge in [0.05, 0.1) is 10.9 Å². The molecule has 1 amide bonds. The molecule has 1 aliphatic carbocycles. The smallest absolute Gasteiger partial charge is 0.225 e. The Morgan fingerprint density at radius 1 is 0.977 bits per heavy atom. The second kappa shape index (κ2) is 21.5. The highest BCUT2D eigenvalue weighted by Gasteiger charge is 2.61. The summed E-state index contributed by atoms with van der Waals surface area (Å²) in [6.45, 7) is 20.3. The van der Waals surface area contributed by atoms with Gasteiger partial charge in [0.25, 0.3) is 0 Å². The van der Waals surface area contributed by atoms with Crippen LogP contribution in [0.1, 0.15) is 131 Å². The first-order valence-corrected chi connectivity index (χ1v) is 18.9. The van der Waals surface area contributed by atoms with E-state index in [0.29, 0.717) is 24.4 Å². The van der Waals surface area contributed by atoms with Gasteiger partial charge in [0.1, 0.15) is 11.0 Å². The van der Waals surface area contributed by atoms with Crippen molar-refractivity contribution in [3.63, 3.8) is 0 Å². The highest BCUT2D eigenvalue weighted by Crippen LogP contribution is 2.53. The number of halogens is 1. The van der Waals surface area contributed by atoms with E-state index in [1.54, 1.807) is 24.3 Å². The van der Waals surface area contributed by atoms with Gasteiger partial charge in [-0.25, -0.2) is 8.42 Å². The fourth-order valence-corrected chi connectivity index (χ4v) is 8.81. The summed E-state index contributed by atoms with van der Waals surface area (Å²) in [6.07, 6.45) is 8.32. The van der Waals surface area contributed by atoms with E-state index < -0.39 is 14.6 Å². The number of benzene rings is 2. The average molecular weight is 650 g/mol. The van der Waals surface area contributed by atoms with E-state index in [9.17, 15) is 13.2 Å². The van der Waals surface area contributed by atoms with Gasteiger partial charge in [-0.1, -0.05) is 111 Å². The van der Waals surface area contributed by atoms with Crippen molar-refractivity contribution in [2.75, 3.05) is 6.54 Å². The van der Waals surface area contributed by atoms with E-state index in [1.807, 2.05) is 52.5 Å². The van der Waals surface area contributed by atoms with Crippen LogP contribution >= 0.6 is 11.6 Å². The Morgan fingerprint density at radius 2 is 1.57 bits per heavy atom. The van der Waals surface area contributed by atoms with Crippen LogP contribution < -0.4 is 0 Å². The molecule has 4 rings (SSSR count). The second-order valence-electron chi connectivity index (χ2n) is 10.4. The van der Waals surface area contributed by atoms with Crippen molar-refractivity contribution in [2.24, 2.45) is 5.92 Å². The van der Waals surface area contributed by atoms with Crippen LogP contribution in [0.15, 0.2) is 47.4 Å². The summed E-state index contributed by atoms with van der Waals surface area (Å²) < 4.78 is 27.8. The van der Waals surface area contributed by atoms with Gasteiger partial charge in [0.15, 0.2) is 9.84 Å². The normalized spacial score (nSPS) is 18.6. The highest BCUT2D eigenvalue weighted by atomic mass is 35.5. The maximum Gasteiger partial charge on any atom is 0.225 e. The van der Waals surface area contributed by atoms with Gasteiger partial charge in [-0.3, -0.25) is 4.79 Å². The van der Waals surface area contributed by atoms with E-state index >= 15 is 0 Å². The number of unbranched alkanes of at least 4 members (excludes halogenated alkanes) is 1. The van der Waals surface area contributed by atoms with Gasteiger partial charge < -0.3 is 9.69 Å². The Balaban J connectivity index is 0.00000187. The molecule has 0 saturated carbocycles. The summed E-state index contributed by atoms with van der Waals surface area (Å²) in [6, 6.07) is 12.4. The number of aldehydes is 1. The fourth-order valence-electron chi connectivity index (χ4n) is 6.31. The molecule has 0 bridgehead atoms. The molecule has 1 aliphatic heterocycles. The Morgan fingerprint density at radius 3 is 2.09 bits per heavy atom. The minimum absolute atomic E-state index is 0.0298. The molecule has 2 aromatic carbocycles. The third kappa shape index (κ3) is 9.42. The molecule has 0 radical (unpaired) electrons. The molecule has 1 fully saturated rings. The summed E-state index contributed by atoms with van der Waals surface area (Å²) in [5, 5.41) is 0.510. The Bertz CT molecular complexity index is 1210. The van der Waals surface area contributed by atoms with Crippen LogP contribution in [0.4, 0.5) is 0 Å². The number of likely N-dealkylation sites (tertiary alicyclic amines) is 1. The molecule has 0 N–H and O–H groups in total. The van der Waals surface area contributed by atoms with E-state index in [2.05, 4.69) is 32.9 Å². The molecule has 3 unspecified atom stereocenters. The minimum Gasteiger partial charge on any atom is -0.337 e. The van der Waals surface area contributed by atoms with Crippen LogP contribution in [0.3, 0.4) is 0 Å². The Labute approximate surface area is 275 Å². The molecular formula is C37H60ClNO4S. The molecule has 2 aliphatic rings. The van der Waals surface area contributed by atoms with Crippen LogP contribution in [0.2, 0.25) is 5.02 Å². The third-order valence-electron chi connectivity index (χ3n) is 8.14. The van der Waals surface area contributed by atoms with E-state index in [0.717, 1.165) is 62.4 Å². The topological polar surface area (TPSA) is 71.5 Å². The lowest BCUT2D eigenvalue weighted by atomic mass is 9.77. The summed E-state index contributed by atoms with van der Waals surface area (Å²) in [5.74, 6) is 0.116. The van der Waals surface area contributed by atoms with Crippen LogP contribution in [0, 0.1) is 5.92 Å². The van der Waals surface area contributed by atoms with E-state index in [4.69, 9.17) is 16.4 Å².